The molecule has 0 spiro atoms. The monoisotopic (exact) mass is 291 g/mol. The number of amides is 1. The lowest BCUT2D eigenvalue weighted by Crippen LogP contribution is -2.33. The standard InChI is InChI=1S/C13H17N5O3/c1-8-12-7-20-6-10(5-18(12)17-16-8)3-14-13(19)11-4-15-21-9(11)2/h4,10H,3,5-7H2,1-2H3,(H,14,19). The fourth-order valence-electron chi connectivity index (χ4n) is 2.34. The molecule has 21 heavy (non-hydrogen) atoms. The first-order valence-electron chi connectivity index (χ1n) is 6.81. The van der Waals surface area contributed by atoms with E-state index in [9.17, 15) is 4.79 Å². The van der Waals surface area contributed by atoms with E-state index in [4.69, 9.17) is 9.26 Å². The van der Waals surface area contributed by atoms with Crippen molar-refractivity contribution in [2.45, 2.75) is 27.0 Å². The Kier molecular flexibility index (Phi) is 3.70. The van der Waals surface area contributed by atoms with Crippen LogP contribution in [0.3, 0.4) is 0 Å². The van der Waals surface area contributed by atoms with Crippen molar-refractivity contribution in [2.24, 2.45) is 5.92 Å². The molecule has 0 saturated carbocycles. The summed E-state index contributed by atoms with van der Waals surface area (Å²) in [5, 5.41) is 14.6. The molecule has 3 rings (SSSR count). The van der Waals surface area contributed by atoms with E-state index in [-0.39, 0.29) is 11.8 Å². The maximum absolute atomic E-state index is 12.0. The van der Waals surface area contributed by atoms with Gasteiger partial charge in [0.1, 0.15) is 11.3 Å². The van der Waals surface area contributed by atoms with Gasteiger partial charge in [0.25, 0.3) is 5.91 Å². The first-order valence-corrected chi connectivity index (χ1v) is 6.81. The van der Waals surface area contributed by atoms with E-state index in [1.54, 1.807) is 6.92 Å². The fraction of sp³-hybridized carbons (Fsp3) is 0.538. The zero-order valence-corrected chi connectivity index (χ0v) is 12.0. The molecule has 0 fully saturated rings. The summed E-state index contributed by atoms with van der Waals surface area (Å²) in [4.78, 5) is 12.0. The summed E-state index contributed by atoms with van der Waals surface area (Å²) in [5.41, 5.74) is 2.35. The molecule has 0 radical (unpaired) electrons. The third-order valence-electron chi connectivity index (χ3n) is 3.60. The Morgan fingerprint density at radius 1 is 1.52 bits per heavy atom. The van der Waals surface area contributed by atoms with E-state index >= 15 is 0 Å². The molecule has 112 valence electrons. The number of aromatic nitrogens is 4. The minimum atomic E-state index is -0.187. The van der Waals surface area contributed by atoms with Gasteiger partial charge in [-0.1, -0.05) is 10.4 Å². The van der Waals surface area contributed by atoms with Crippen molar-refractivity contribution >= 4 is 5.91 Å². The van der Waals surface area contributed by atoms with Crippen LogP contribution in [0.2, 0.25) is 0 Å². The fourth-order valence-corrected chi connectivity index (χ4v) is 2.34. The molecule has 8 nitrogen and oxygen atoms in total. The van der Waals surface area contributed by atoms with Crippen molar-refractivity contribution in [1.82, 2.24) is 25.5 Å². The lowest BCUT2D eigenvalue weighted by Gasteiger charge is -2.14. The quantitative estimate of drug-likeness (QED) is 0.882. The van der Waals surface area contributed by atoms with E-state index in [2.05, 4.69) is 20.8 Å². The van der Waals surface area contributed by atoms with Crippen molar-refractivity contribution in [3.63, 3.8) is 0 Å². The molecule has 3 heterocycles. The maximum Gasteiger partial charge on any atom is 0.256 e. The smallest absolute Gasteiger partial charge is 0.256 e. The molecular formula is C13H17N5O3. The SMILES string of the molecule is Cc1nnn2c1COCC(CNC(=O)c1cnoc1C)C2. The van der Waals surface area contributed by atoms with Crippen LogP contribution < -0.4 is 5.32 Å². The molecule has 1 amide bonds. The van der Waals surface area contributed by atoms with Crippen molar-refractivity contribution in [3.8, 4) is 0 Å². The highest BCUT2D eigenvalue weighted by Gasteiger charge is 2.21. The number of rotatable bonds is 3. The summed E-state index contributed by atoms with van der Waals surface area (Å²) in [6.45, 7) is 5.89. The van der Waals surface area contributed by atoms with E-state index in [0.717, 1.165) is 11.4 Å². The topological polar surface area (TPSA) is 95.1 Å². The number of hydrogen-bond acceptors (Lipinski definition) is 6. The van der Waals surface area contributed by atoms with Crippen LogP contribution in [0.1, 0.15) is 27.5 Å². The molecule has 0 saturated heterocycles. The van der Waals surface area contributed by atoms with Crippen LogP contribution in [0.4, 0.5) is 0 Å². The summed E-state index contributed by atoms with van der Waals surface area (Å²) in [6, 6.07) is 0. The second-order valence-electron chi connectivity index (χ2n) is 5.19. The summed E-state index contributed by atoms with van der Waals surface area (Å²) in [5.74, 6) is 0.475. The summed E-state index contributed by atoms with van der Waals surface area (Å²) in [6.07, 6.45) is 1.42. The van der Waals surface area contributed by atoms with Crippen molar-refractivity contribution in [1.29, 1.82) is 0 Å². The predicted molar refractivity (Wildman–Crippen MR) is 71.5 cm³/mol. The molecule has 1 N–H and O–H groups in total. The summed E-state index contributed by atoms with van der Waals surface area (Å²) in [7, 11) is 0. The minimum Gasteiger partial charge on any atom is -0.375 e. The highest BCUT2D eigenvalue weighted by Crippen LogP contribution is 2.14. The number of ether oxygens (including phenoxy) is 1. The van der Waals surface area contributed by atoms with Crippen LogP contribution in [0.15, 0.2) is 10.7 Å². The van der Waals surface area contributed by atoms with Gasteiger partial charge in [-0.3, -0.25) is 4.79 Å². The van der Waals surface area contributed by atoms with Crippen LogP contribution in [-0.2, 0) is 17.9 Å². The Hall–Kier alpha value is -2.22. The Morgan fingerprint density at radius 2 is 2.38 bits per heavy atom. The molecular weight excluding hydrogens is 274 g/mol. The van der Waals surface area contributed by atoms with Gasteiger partial charge in [-0.2, -0.15) is 0 Å². The van der Waals surface area contributed by atoms with Crippen LogP contribution >= 0.6 is 0 Å². The molecule has 0 bridgehead atoms. The third kappa shape index (κ3) is 2.80. The van der Waals surface area contributed by atoms with Gasteiger partial charge in [-0.25, -0.2) is 4.68 Å². The first kappa shape index (κ1) is 13.7. The van der Waals surface area contributed by atoms with E-state index < -0.39 is 0 Å². The third-order valence-corrected chi connectivity index (χ3v) is 3.60. The molecule has 2 aromatic rings. The molecule has 0 aliphatic carbocycles. The predicted octanol–water partition coefficient (Wildman–Crippen LogP) is 0.459. The number of hydrogen-bond donors (Lipinski definition) is 1. The normalized spacial score (nSPS) is 18.1. The van der Waals surface area contributed by atoms with Gasteiger partial charge in [0.15, 0.2) is 0 Å². The van der Waals surface area contributed by atoms with Gasteiger partial charge in [-0.15, -0.1) is 5.10 Å². The van der Waals surface area contributed by atoms with Gasteiger partial charge in [0.05, 0.1) is 30.8 Å². The van der Waals surface area contributed by atoms with Gasteiger partial charge in [-0.05, 0) is 13.8 Å². The number of fused-ring (bicyclic) bond motifs is 1. The zero-order chi connectivity index (χ0) is 14.8. The number of carbonyl (C=O) groups excluding carboxylic acids is 1. The van der Waals surface area contributed by atoms with Gasteiger partial charge >= 0.3 is 0 Å². The van der Waals surface area contributed by atoms with Crippen LogP contribution in [-0.4, -0.2) is 39.2 Å². The minimum absolute atomic E-state index is 0.150. The first-order chi connectivity index (χ1) is 10.1. The second kappa shape index (κ2) is 5.65. The van der Waals surface area contributed by atoms with Crippen molar-refractivity contribution in [2.75, 3.05) is 13.2 Å². The average Bonchev–Trinajstić information content (AvgIpc) is 2.96. The van der Waals surface area contributed by atoms with Crippen LogP contribution in [0.25, 0.3) is 0 Å². The molecule has 2 aromatic heterocycles. The number of aryl methyl sites for hydroxylation is 2. The Morgan fingerprint density at radius 3 is 3.14 bits per heavy atom. The van der Waals surface area contributed by atoms with Gasteiger partial charge in [0.2, 0.25) is 0 Å². The average molecular weight is 291 g/mol. The largest absolute Gasteiger partial charge is 0.375 e. The molecule has 1 atom stereocenters. The van der Waals surface area contributed by atoms with Crippen molar-refractivity contribution < 1.29 is 14.1 Å². The Labute approximate surface area is 121 Å². The molecule has 0 aromatic carbocycles. The van der Waals surface area contributed by atoms with Crippen molar-refractivity contribution in [3.05, 3.63) is 28.9 Å². The number of carbonyl (C=O) groups is 1. The lowest BCUT2D eigenvalue weighted by molar-refractivity contribution is 0.0849. The highest BCUT2D eigenvalue weighted by molar-refractivity contribution is 5.94. The molecule has 1 unspecified atom stereocenters. The van der Waals surface area contributed by atoms with Gasteiger partial charge < -0.3 is 14.6 Å². The molecule has 1 aliphatic heterocycles. The summed E-state index contributed by atoms with van der Waals surface area (Å²) < 4.78 is 12.4. The Bertz CT molecular complexity index is 648. The molecule has 1 aliphatic rings. The van der Waals surface area contributed by atoms with Gasteiger partial charge in [0, 0.05) is 19.0 Å². The zero-order valence-electron chi connectivity index (χ0n) is 12.0. The van der Waals surface area contributed by atoms with E-state index in [1.807, 2.05) is 11.6 Å². The summed E-state index contributed by atoms with van der Waals surface area (Å²) >= 11 is 0. The van der Waals surface area contributed by atoms with Crippen LogP contribution in [0, 0.1) is 19.8 Å². The second-order valence-corrected chi connectivity index (χ2v) is 5.19. The number of nitrogens with zero attached hydrogens (tertiary/aromatic N) is 4. The highest BCUT2D eigenvalue weighted by atomic mass is 16.5. The Balaban J connectivity index is 1.61. The molecule has 8 heteroatoms. The van der Waals surface area contributed by atoms with E-state index in [1.165, 1.54) is 6.20 Å². The van der Waals surface area contributed by atoms with Crippen LogP contribution in [0.5, 0.6) is 0 Å². The maximum atomic E-state index is 12.0. The van der Waals surface area contributed by atoms with E-state index in [0.29, 0.717) is 37.6 Å². The number of nitrogens with one attached hydrogen (secondary N) is 1. The lowest BCUT2D eigenvalue weighted by atomic mass is 10.1.